The van der Waals surface area contributed by atoms with Crippen LogP contribution >= 0.6 is 91.5 Å². The van der Waals surface area contributed by atoms with E-state index < -0.39 is 0 Å². The Hall–Kier alpha value is -9.99. The number of halogens is 3. The number of thiazole rings is 2. The van der Waals surface area contributed by atoms with Crippen molar-refractivity contribution in [2.24, 2.45) is 0 Å². The van der Waals surface area contributed by atoms with Gasteiger partial charge in [0.15, 0.2) is 5.82 Å². The van der Waals surface area contributed by atoms with Gasteiger partial charge in [-0.2, -0.15) is 4.98 Å². The third kappa shape index (κ3) is 13.7. The minimum Gasteiger partial charge on any atom is -0.508 e. The van der Waals surface area contributed by atoms with Crippen molar-refractivity contribution in [3.05, 3.63) is 261 Å². The minimum absolute atomic E-state index is 0.00398. The van der Waals surface area contributed by atoms with Gasteiger partial charge in [0.25, 0.3) is 0 Å². The summed E-state index contributed by atoms with van der Waals surface area (Å²) in [6.07, 6.45) is 1.40. The summed E-state index contributed by atoms with van der Waals surface area (Å²) in [7, 11) is 0. The third-order valence-electron chi connectivity index (χ3n) is 16.6. The Kier molecular flexibility index (Phi) is 18.9. The first-order valence-electron chi connectivity index (χ1n) is 30.5. The third-order valence-corrected chi connectivity index (χ3v) is 22.5. The fourth-order valence-corrected chi connectivity index (χ4v) is 18.3. The number of aryl methyl sites for hydroxylation is 6. The van der Waals surface area contributed by atoms with Gasteiger partial charge in [-0.25, -0.2) is 9.97 Å². The molecule has 6 aromatic heterocycles. The predicted octanol–water partition coefficient (Wildman–Crippen LogP) is 22.1. The van der Waals surface area contributed by atoms with Crippen LogP contribution in [0.15, 0.2) is 185 Å². The van der Waals surface area contributed by atoms with Crippen molar-refractivity contribution in [2.75, 3.05) is 11.5 Å². The molecule has 0 aliphatic heterocycles. The van der Waals surface area contributed by atoms with Crippen molar-refractivity contribution in [3.8, 4) is 89.1 Å². The van der Waals surface area contributed by atoms with Crippen molar-refractivity contribution in [1.82, 2.24) is 15.0 Å². The van der Waals surface area contributed by atoms with Crippen LogP contribution in [0, 0.1) is 41.5 Å². The molecule has 0 radical (unpaired) electrons. The molecular weight excluding hydrogens is 1400 g/mol. The van der Waals surface area contributed by atoms with E-state index in [9.17, 15) is 34.8 Å². The van der Waals surface area contributed by atoms with E-state index in [-0.39, 0.29) is 40.5 Å². The molecule has 15 aromatic rings. The van der Waals surface area contributed by atoms with Gasteiger partial charge in [-0.1, -0.05) is 95.5 Å². The Morgan fingerprint density at radius 2 is 0.697 bits per heavy atom. The number of phenolic OH excluding ortho intramolecular Hbond substituents is 3. The molecule has 0 amide bonds. The smallest absolute Gasteiger partial charge is 0.227 e. The summed E-state index contributed by atoms with van der Waals surface area (Å²) in [6, 6.07) is 49.8. The summed E-state index contributed by atoms with van der Waals surface area (Å²) in [5.41, 5.74) is 26.2. The van der Waals surface area contributed by atoms with E-state index in [0.717, 1.165) is 124 Å². The Bertz CT molecular complexity index is 5090. The molecule has 492 valence electrons. The van der Waals surface area contributed by atoms with E-state index in [2.05, 4.69) is 15.0 Å². The number of benzene rings is 9. The van der Waals surface area contributed by atoms with E-state index in [4.69, 9.17) is 50.7 Å². The van der Waals surface area contributed by atoms with Crippen molar-refractivity contribution in [3.63, 3.8) is 0 Å². The topological polar surface area (TPSA) is 236 Å². The Labute approximate surface area is 602 Å². The van der Waals surface area contributed by atoms with Crippen LogP contribution in [0.5, 0.6) is 23.1 Å². The van der Waals surface area contributed by atoms with Gasteiger partial charge in [0, 0.05) is 101 Å². The molecule has 8 N–H and O–H groups in total. The maximum Gasteiger partial charge on any atom is 0.227 e. The van der Waals surface area contributed by atoms with Gasteiger partial charge in [0.2, 0.25) is 29.1 Å². The van der Waals surface area contributed by atoms with Crippen LogP contribution in [0.2, 0.25) is 15.1 Å². The number of thiophene rings is 3. The summed E-state index contributed by atoms with van der Waals surface area (Å²) in [6.45, 7) is 11.4. The van der Waals surface area contributed by atoms with E-state index in [1.54, 1.807) is 66.0 Å². The number of nitrogens with two attached hydrogens (primary N) is 2. The van der Waals surface area contributed by atoms with E-state index in [1.807, 2.05) is 150 Å². The maximum absolute atomic E-state index is 13.8. The molecule has 0 aliphatic rings. The van der Waals surface area contributed by atoms with Crippen LogP contribution in [-0.4, -0.2) is 52.7 Å². The predicted molar refractivity (Wildman–Crippen MR) is 408 cm³/mol. The number of nitrogen functional groups attached to an aromatic ring is 2. The lowest BCUT2D eigenvalue weighted by Gasteiger charge is -2.11. The highest BCUT2D eigenvalue weighted by atomic mass is 35.5. The number of aromatic hydroxyl groups is 4. The lowest BCUT2D eigenvalue weighted by Crippen LogP contribution is -2.06. The quantitative estimate of drug-likeness (QED) is 0.0625. The molecule has 0 atom stereocenters. The number of anilines is 2. The number of phenols is 3. The summed E-state index contributed by atoms with van der Waals surface area (Å²) in [5, 5.41) is 49.2. The van der Waals surface area contributed by atoms with Gasteiger partial charge >= 0.3 is 0 Å². The lowest BCUT2D eigenvalue weighted by molar-refractivity contribution is 0.103. The van der Waals surface area contributed by atoms with Gasteiger partial charge in [-0.05, 0) is 195 Å². The molecule has 9 aromatic carbocycles. The molecule has 15 rings (SSSR count). The number of carbonyl (C=O) groups excluding carboxylic acids is 3. The molecule has 0 aliphatic carbocycles. The molecule has 99 heavy (non-hydrogen) atoms. The molecule has 13 nitrogen and oxygen atoms in total. The monoisotopic (exact) mass is 1460 g/mol. The normalized spacial score (nSPS) is 11.2. The fourth-order valence-electron chi connectivity index (χ4n) is 12.3. The molecule has 0 saturated carbocycles. The summed E-state index contributed by atoms with van der Waals surface area (Å²) >= 11 is 25.6. The van der Waals surface area contributed by atoms with Gasteiger partial charge in [-0.15, -0.1) is 56.7 Å². The Morgan fingerprint density at radius 3 is 0.990 bits per heavy atom. The number of hydrogen-bond donors (Lipinski definition) is 6. The second kappa shape index (κ2) is 27.7. The first-order chi connectivity index (χ1) is 47.4. The van der Waals surface area contributed by atoms with Crippen LogP contribution in [0.4, 0.5) is 11.6 Å². The number of fused-ring (bicyclic) bond motifs is 3. The fraction of sp³-hybridized carbons (Fsp3) is 0.0769. The minimum atomic E-state index is -0.0677. The SMILES string of the molecule is Cc1cc(Cl)cc(C)c1C(=O)c1sc2cc(O)ccc2c1-c1ccc(-c2nc(N)co2)cc1.Cc1cc(Cl)cc(C)c1C(=O)c1sc2cc(O)ccc2c1-c1ccc(-c2nc(N)cs2)cc1.Cc1cc(Cl)cc(C)c1C(=O)c1sc2cc(O)ccc2c1-c1ccc(-c2nc(O)cs2)cc1. The first kappa shape index (κ1) is 67.6. The number of hydrogen-bond acceptors (Lipinski definition) is 18. The van der Waals surface area contributed by atoms with Gasteiger partial charge in [-0.3, -0.25) is 14.4 Å². The zero-order chi connectivity index (χ0) is 69.8. The van der Waals surface area contributed by atoms with Crippen LogP contribution in [-0.2, 0) is 0 Å². The second-order valence-corrected chi connectivity index (χ2v) is 29.8. The second-order valence-electron chi connectivity index (χ2n) is 23.6. The summed E-state index contributed by atoms with van der Waals surface area (Å²) in [5.74, 6) is 1.57. The van der Waals surface area contributed by atoms with Crippen molar-refractivity contribution in [2.45, 2.75) is 41.5 Å². The Balaban J connectivity index is 0.000000133. The van der Waals surface area contributed by atoms with Crippen molar-refractivity contribution < 1.29 is 39.2 Å². The van der Waals surface area contributed by atoms with E-state index >= 15 is 0 Å². The number of carbonyl (C=O) groups is 3. The maximum atomic E-state index is 13.8. The first-order valence-corrected chi connectivity index (χ1v) is 35.9. The standard InChI is InChI=1S/C26H19ClN2O3S.C26H19ClN2O2S2.C26H18ClNO3S2/c2*1-13-9-17(27)10-14(2)22(13)24(31)25-23(19-8-7-18(30)11-20(19)33-25)15-3-5-16(6-4-15)26-29-21(28)12-32-26;1-13-9-17(27)10-14(2)22(13)24(31)25-23(19-8-7-18(29)11-20(19)33-25)15-3-5-16(6-4-15)26-28-21(30)12-32-26/h2*3-12,30H,28H2,1-2H3;3-12,29-30H,1-2H3. The molecule has 0 spiro atoms. The largest absolute Gasteiger partial charge is 0.508 e. The van der Waals surface area contributed by atoms with Crippen LogP contribution in [0.1, 0.15) is 79.1 Å². The number of oxazole rings is 1. The van der Waals surface area contributed by atoms with Crippen LogP contribution in [0.3, 0.4) is 0 Å². The number of ketones is 3. The highest BCUT2D eigenvalue weighted by molar-refractivity contribution is 7.22. The van der Waals surface area contributed by atoms with E-state index in [1.165, 1.54) is 62.9 Å². The van der Waals surface area contributed by atoms with Gasteiger partial charge in [0.1, 0.15) is 39.3 Å². The molecule has 0 unspecified atom stereocenters. The molecule has 0 fully saturated rings. The zero-order valence-corrected chi connectivity index (χ0v) is 59.8. The highest BCUT2D eigenvalue weighted by Crippen LogP contribution is 2.47. The van der Waals surface area contributed by atoms with Crippen molar-refractivity contribution >= 4 is 151 Å². The average Bonchev–Trinajstić information content (AvgIpc) is 1.64. The molecule has 6 heterocycles. The summed E-state index contributed by atoms with van der Waals surface area (Å²) < 4.78 is 7.92. The molecule has 21 heteroatoms. The summed E-state index contributed by atoms with van der Waals surface area (Å²) in [4.78, 5) is 55.9. The molecule has 0 bridgehead atoms. The zero-order valence-electron chi connectivity index (χ0n) is 53.4. The lowest BCUT2D eigenvalue weighted by atomic mass is 9.93. The molecule has 0 saturated heterocycles. The number of nitrogens with zero attached hydrogens (tertiary/aromatic N) is 3. The average molecular weight is 1460 g/mol. The van der Waals surface area contributed by atoms with Crippen molar-refractivity contribution in [1.29, 1.82) is 0 Å². The number of aromatic nitrogens is 3. The van der Waals surface area contributed by atoms with Gasteiger partial charge < -0.3 is 36.3 Å². The number of rotatable bonds is 12. The Morgan fingerprint density at radius 1 is 0.384 bits per heavy atom. The van der Waals surface area contributed by atoms with Gasteiger partial charge in [0.05, 0.1) is 20.0 Å². The van der Waals surface area contributed by atoms with E-state index in [0.29, 0.717) is 63.9 Å². The highest BCUT2D eigenvalue weighted by Gasteiger charge is 2.28. The van der Waals surface area contributed by atoms with Crippen LogP contribution < -0.4 is 11.5 Å². The van der Waals surface area contributed by atoms with Crippen LogP contribution in [0.25, 0.3) is 96.2 Å². The molecular formula is C78H56Cl3N5O8S5.